The molecule has 0 aliphatic carbocycles. The van der Waals surface area contributed by atoms with Gasteiger partial charge in [0.15, 0.2) is 6.17 Å². The molecule has 1 atom stereocenters. The number of aromatic nitrogens is 1. The molecule has 1 amide bonds. The lowest BCUT2D eigenvalue weighted by atomic mass is 9.74. The van der Waals surface area contributed by atoms with Crippen LogP contribution in [0.3, 0.4) is 0 Å². The fraction of sp³-hybridized carbons (Fsp3) is 0.0800. The van der Waals surface area contributed by atoms with Crippen molar-refractivity contribution in [3.63, 3.8) is 0 Å². The van der Waals surface area contributed by atoms with E-state index in [1.807, 2.05) is 50.5 Å². The van der Waals surface area contributed by atoms with Gasteiger partial charge >= 0.3 is 0 Å². The average molecular weight is 441 g/mol. The molecule has 0 aliphatic heterocycles. The van der Waals surface area contributed by atoms with Crippen molar-refractivity contribution < 1.29 is 9.59 Å². The standard InChI is InChI=1S/C25H20BClN3O2/c1-26-17-9-14-22(28-15-17)25(32)30-24(29-19-12-10-18(27)11-13-19)23(31)21-8-4-6-16-5-2-3-7-20(16)21/h2-15,24,29H,1H3,(H,30,32). The first kappa shape index (κ1) is 21.6. The Bertz CT molecular complexity index is 1260. The molecule has 0 saturated heterocycles. The summed E-state index contributed by atoms with van der Waals surface area (Å²) in [5.41, 5.74) is 2.30. The molecular formula is C25H20BClN3O2. The number of nitrogens with zero attached hydrogens (tertiary/aromatic N) is 1. The maximum absolute atomic E-state index is 13.6. The SMILES string of the molecule is C[B]c1ccc(C(=O)NC(Nc2ccc(Cl)cc2)C(=O)c2cccc3ccccc23)nc1. The number of hydrogen-bond acceptors (Lipinski definition) is 4. The van der Waals surface area contributed by atoms with Gasteiger partial charge in [0.1, 0.15) is 13.0 Å². The van der Waals surface area contributed by atoms with E-state index < -0.39 is 12.1 Å². The first-order valence-electron chi connectivity index (χ1n) is 10.2. The highest BCUT2D eigenvalue weighted by Gasteiger charge is 2.24. The van der Waals surface area contributed by atoms with Gasteiger partial charge in [0.2, 0.25) is 5.78 Å². The van der Waals surface area contributed by atoms with Crippen molar-refractivity contribution in [1.82, 2.24) is 10.3 Å². The van der Waals surface area contributed by atoms with Crippen LogP contribution in [0.2, 0.25) is 11.8 Å². The van der Waals surface area contributed by atoms with E-state index in [9.17, 15) is 9.59 Å². The highest BCUT2D eigenvalue weighted by Crippen LogP contribution is 2.21. The number of anilines is 1. The summed E-state index contributed by atoms with van der Waals surface area (Å²) in [6, 6.07) is 23.6. The van der Waals surface area contributed by atoms with Crippen molar-refractivity contribution in [1.29, 1.82) is 0 Å². The maximum atomic E-state index is 13.6. The number of Topliss-reactive ketones (excluding diaryl/α,β-unsaturated/α-hetero) is 1. The molecule has 0 aliphatic rings. The Morgan fingerprint density at radius 2 is 1.69 bits per heavy atom. The lowest BCUT2D eigenvalue weighted by Gasteiger charge is -2.21. The number of benzene rings is 3. The Balaban J connectivity index is 1.66. The minimum Gasteiger partial charge on any atom is -0.359 e. The minimum atomic E-state index is -1.01. The van der Waals surface area contributed by atoms with E-state index in [0.29, 0.717) is 16.3 Å². The molecule has 32 heavy (non-hydrogen) atoms. The van der Waals surface area contributed by atoms with Gasteiger partial charge in [-0.1, -0.05) is 72.4 Å². The summed E-state index contributed by atoms with van der Waals surface area (Å²) in [5.74, 6) is -0.712. The second-order valence-electron chi connectivity index (χ2n) is 7.21. The van der Waals surface area contributed by atoms with Crippen LogP contribution in [0.15, 0.2) is 85.1 Å². The van der Waals surface area contributed by atoms with Crippen LogP contribution < -0.4 is 16.1 Å². The smallest absolute Gasteiger partial charge is 0.271 e. The van der Waals surface area contributed by atoms with Gasteiger partial charge in [-0.3, -0.25) is 14.6 Å². The zero-order valence-corrected chi connectivity index (χ0v) is 18.1. The Kier molecular flexibility index (Phi) is 6.52. The number of carbonyl (C=O) groups excluding carboxylic acids is 2. The summed E-state index contributed by atoms with van der Waals surface area (Å²) < 4.78 is 0. The van der Waals surface area contributed by atoms with Gasteiger partial charge in [-0.25, -0.2) is 0 Å². The zero-order chi connectivity index (χ0) is 22.5. The van der Waals surface area contributed by atoms with Crippen molar-refractivity contribution >= 4 is 52.5 Å². The monoisotopic (exact) mass is 440 g/mol. The van der Waals surface area contributed by atoms with Crippen LogP contribution >= 0.6 is 11.6 Å². The first-order chi connectivity index (χ1) is 15.5. The molecule has 5 nitrogen and oxygen atoms in total. The molecular weight excluding hydrogens is 421 g/mol. The van der Waals surface area contributed by atoms with Gasteiger partial charge in [0.25, 0.3) is 5.91 Å². The van der Waals surface area contributed by atoms with Crippen molar-refractivity contribution in [2.24, 2.45) is 0 Å². The van der Waals surface area contributed by atoms with Crippen LogP contribution in [0, 0.1) is 0 Å². The number of amides is 1. The van der Waals surface area contributed by atoms with E-state index in [1.54, 1.807) is 48.7 Å². The zero-order valence-electron chi connectivity index (χ0n) is 17.4. The van der Waals surface area contributed by atoms with Gasteiger partial charge in [-0.15, -0.1) is 0 Å². The van der Waals surface area contributed by atoms with Gasteiger partial charge in [-0.05, 0) is 41.1 Å². The molecule has 4 rings (SSSR count). The highest BCUT2D eigenvalue weighted by molar-refractivity contribution is 6.51. The number of halogens is 1. The average Bonchev–Trinajstić information content (AvgIpc) is 2.84. The third-order valence-electron chi connectivity index (χ3n) is 5.10. The van der Waals surface area contributed by atoms with Crippen LogP contribution in [0.5, 0.6) is 0 Å². The van der Waals surface area contributed by atoms with E-state index in [-0.39, 0.29) is 11.5 Å². The predicted octanol–water partition coefficient (Wildman–Crippen LogP) is 4.32. The summed E-state index contributed by atoms with van der Waals surface area (Å²) >= 11 is 5.99. The van der Waals surface area contributed by atoms with E-state index >= 15 is 0 Å². The van der Waals surface area contributed by atoms with Gasteiger partial charge in [0, 0.05) is 22.5 Å². The van der Waals surface area contributed by atoms with E-state index in [2.05, 4.69) is 15.6 Å². The molecule has 7 heteroatoms. The van der Waals surface area contributed by atoms with Crippen molar-refractivity contribution in [3.05, 3.63) is 101 Å². The number of hydrogen-bond donors (Lipinski definition) is 2. The lowest BCUT2D eigenvalue weighted by molar-refractivity contribution is 0.0867. The molecule has 3 aromatic carbocycles. The van der Waals surface area contributed by atoms with Crippen LogP contribution in [0.4, 0.5) is 5.69 Å². The van der Waals surface area contributed by atoms with Crippen LogP contribution in [0.1, 0.15) is 20.8 Å². The topological polar surface area (TPSA) is 71.1 Å². The van der Waals surface area contributed by atoms with Gasteiger partial charge < -0.3 is 10.6 Å². The number of ketones is 1. The van der Waals surface area contributed by atoms with Gasteiger partial charge in [0.05, 0.1) is 0 Å². The number of fused-ring (bicyclic) bond motifs is 1. The Morgan fingerprint density at radius 1 is 0.938 bits per heavy atom. The summed E-state index contributed by atoms with van der Waals surface area (Å²) in [7, 11) is 1.89. The van der Waals surface area contributed by atoms with Crippen LogP contribution in [-0.4, -0.2) is 30.1 Å². The molecule has 157 valence electrons. The summed E-state index contributed by atoms with van der Waals surface area (Å²) in [4.78, 5) is 30.7. The third kappa shape index (κ3) is 4.81. The Labute approximate surface area is 192 Å². The van der Waals surface area contributed by atoms with E-state index in [0.717, 1.165) is 16.2 Å². The molecule has 1 heterocycles. The Hall–Kier alpha value is -3.64. The first-order valence-corrected chi connectivity index (χ1v) is 10.5. The summed E-state index contributed by atoms with van der Waals surface area (Å²) in [6.07, 6.45) is 0.608. The second-order valence-corrected chi connectivity index (χ2v) is 7.65. The predicted molar refractivity (Wildman–Crippen MR) is 130 cm³/mol. The number of pyridine rings is 1. The Morgan fingerprint density at radius 3 is 2.41 bits per heavy atom. The molecule has 1 aromatic heterocycles. The number of nitrogens with one attached hydrogen (secondary N) is 2. The van der Waals surface area contributed by atoms with E-state index in [1.165, 1.54) is 0 Å². The quantitative estimate of drug-likeness (QED) is 0.255. The molecule has 0 fully saturated rings. The third-order valence-corrected chi connectivity index (χ3v) is 5.35. The number of carbonyl (C=O) groups is 2. The van der Waals surface area contributed by atoms with Crippen LogP contribution in [-0.2, 0) is 0 Å². The maximum Gasteiger partial charge on any atom is 0.271 e. The second kappa shape index (κ2) is 9.66. The summed E-state index contributed by atoms with van der Waals surface area (Å²) in [5, 5.41) is 8.25. The molecule has 2 N–H and O–H groups in total. The van der Waals surface area contributed by atoms with Crippen molar-refractivity contribution in [2.75, 3.05) is 5.32 Å². The van der Waals surface area contributed by atoms with E-state index in [4.69, 9.17) is 11.6 Å². The minimum absolute atomic E-state index is 0.226. The largest absolute Gasteiger partial charge is 0.359 e. The fourth-order valence-corrected chi connectivity index (χ4v) is 3.52. The van der Waals surface area contributed by atoms with Crippen LogP contribution in [0.25, 0.3) is 10.8 Å². The fourth-order valence-electron chi connectivity index (χ4n) is 3.39. The molecule has 0 spiro atoms. The van der Waals surface area contributed by atoms with Gasteiger partial charge in [-0.2, -0.15) is 0 Å². The van der Waals surface area contributed by atoms with Crippen molar-refractivity contribution in [2.45, 2.75) is 13.0 Å². The normalized spacial score (nSPS) is 11.6. The molecule has 1 unspecified atom stereocenters. The lowest BCUT2D eigenvalue weighted by Crippen LogP contribution is -2.46. The molecule has 0 saturated carbocycles. The number of rotatable bonds is 7. The molecule has 0 bridgehead atoms. The van der Waals surface area contributed by atoms with Crippen molar-refractivity contribution in [3.8, 4) is 0 Å². The molecule has 1 radical (unpaired) electrons. The molecule has 4 aromatic rings. The summed E-state index contributed by atoms with van der Waals surface area (Å²) in [6.45, 7) is 1.89. The highest BCUT2D eigenvalue weighted by atomic mass is 35.5.